The van der Waals surface area contributed by atoms with Crippen LogP contribution in [0, 0.1) is 13.8 Å². The third-order valence-corrected chi connectivity index (χ3v) is 6.47. The first kappa shape index (κ1) is 22.3. The number of hydrogen-bond donors (Lipinski definition) is 1. The second kappa shape index (κ2) is 8.95. The zero-order chi connectivity index (χ0) is 23.6. The van der Waals surface area contributed by atoms with Crippen molar-refractivity contribution in [3.63, 3.8) is 0 Å². The van der Waals surface area contributed by atoms with E-state index in [2.05, 4.69) is 9.71 Å². The van der Waals surface area contributed by atoms with Crippen LogP contribution in [-0.2, 0) is 21.4 Å². The normalized spacial score (nSPS) is 11.4. The summed E-state index contributed by atoms with van der Waals surface area (Å²) in [5.41, 5.74) is 3.85. The Morgan fingerprint density at radius 2 is 1.85 bits per heavy atom. The van der Waals surface area contributed by atoms with E-state index in [-0.39, 0.29) is 22.8 Å². The number of ether oxygens (including phenoxy) is 2. The molecule has 33 heavy (non-hydrogen) atoms. The summed E-state index contributed by atoms with van der Waals surface area (Å²) in [6, 6.07) is 14.9. The molecule has 2 aromatic heterocycles. The van der Waals surface area contributed by atoms with E-state index in [0.717, 1.165) is 16.8 Å². The van der Waals surface area contributed by atoms with Gasteiger partial charge in [0.15, 0.2) is 0 Å². The van der Waals surface area contributed by atoms with Crippen molar-refractivity contribution in [1.82, 2.24) is 9.38 Å². The number of methoxy groups -OCH3 is 1. The Morgan fingerprint density at radius 1 is 1.09 bits per heavy atom. The van der Waals surface area contributed by atoms with Gasteiger partial charge in [-0.15, -0.1) is 0 Å². The number of carbonyl (C=O) groups excluding carboxylic acids is 1. The Bertz CT molecular complexity index is 1430. The van der Waals surface area contributed by atoms with Crippen molar-refractivity contribution in [2.24, 2.45) is 0 Å². The van der Waals surface area contributed by atoms with E-state index < -0.39 is 16.0 Å². The van der Waals surface area contributed by atoms with E-state index in [1.165, 1.54) is 25.3 Å². The Morgan fingerprint density at radius 3 is 2.55 bits per heavy atom. The van der Waals surface area contributed by atoms with Gasteiger partial charge in [0.2, 0.25) is 0 Å². The molecule has 0 saturated carbocycles. The molecule has 0 aliphatic rings. The molecule has 170 valence electrons. The highest BCUT2D eigenvalue weighted by Gasteiger charge is 2.22. The van der Waals surface area contributed by atoms with E-state index in [0.29, 0.717) is 11.4 Å². The molecule has 0 atom stereocenters. The van der Waals surface area contributed by atoms with Crippen molar-refractivity contribution in [2.75, 3.05) is 11.8 Å². The van der Waals surface area contributed by atoms with Crippen LogP contribution in [0.2, 0.25) is 0 Å². The average Bonchev–Trinajstić information content (AvgIpc) is 3.23. The van der Waals surface area contributed by atoms with E-state index in [1.54, 1.807) is 30.5 Å². The van der Waals surface area contributed by atoms with Gasteiger partial charge in [-0.2, -0.15) is 0 Å². The lowest BCUT2D eigenvalue weighted by molar-refractivity contribution is 0.0468. The molecule has 0 bridgehead atoms. The molecule has 2 heterocycles. The van der Waals surface area contributed by atoms with Crippen LogP contribution in [0.4, 0.5) is 5.69 Å². The molecular weight excluding hydrogens is 442 g/mol. The van der Waals surface area contributed by atoms with Crippen LogP contribution in [0.3, 0.4) is 0 Å². The quantitative estimate of drug-likeness (QED) is 0.412. The van der Waals surface area contributed by atoms with Gasteiger partial charge in [-0.05, 0) is 55.8 Å². The number of anilines is 1. The standard InChI is InChI=1S/C24H23N3O5S/c1-16-6-9-19(10-7-16)26-33(29,30)22-13-18(8-11-21(22)31-3)24(28)32-15-20-14-27-12-4-5-17(2)23(27)25-20/h4-14,26H,15H2,1-3H3. The summed E-state index contributed by atoms with van der Waals surface area (Å²) in [7, 11) is -2.65. The summed E-state index contributed by atoms with van der Waals surface area (Å²) < 4.78 is 41.0. The van der Waals surface area contributed by atoms with Gasteiger partial charge in [-0.1, -0.05) is 23.8 Å². The first-order chi connectivity index (χ1) is 15.8. The fourth-order valence-electron chi connectivity index (χ4n) is 3.34. The topological polar surface area (TPSA) is 99.0 Å². The van der Waals surface area contributed by atoms with E-state index in [1.807, 2.05) is 36.6 Å². The zero-order valence-electron chi connectivity index (χ0n) is 18.4. The zero-order valence-corrected chi connectivity index (χ0v) is 19.2. The molecule has 1 N–H and O–H groups in total. The van der Waals surface area contributed by atoms with Crippen molar-refractivity contribution >= 4 is 27.3 Å². The molecule has 0 radical (unpaired) electrons. The van der Waals surface area contributed by atoms with Gasteiger partial charge >= 0.3 is 5.97 Å². The number of aromatic nitrogens is 2. The second-order valence-corrected chi connectivity index (χ2v) is 9.22. The highest BCUT2D eigenvalue weighted by atomic mass is 32.2. The Labute approximate surface area is 191 Å². The van der Waals surface area contributed by atoms with Crippen molar-refractivity contribution in [1.29, 1.82) is 0 Å². The summed E-state index contributed by atoms with van der Waals surface area (Å²) in [5.74, 6) is -0.555. The van der Waals surface area contributed by atoms with Crippen molar-refractivity contribution < 1.29 is 22.7 Å². The van der Waals surface area contributed by atoms with Crippen LogP contribution in [0.15, 0.2) is 71.9 Å². The van der Waals surface area contributed by atoms with E-state index >= 15 is 0 Å². The summed E-state index contributed by atoms with van der Waals surface area (Å²) in [6.07, 6.45) is 3.65. The molecule has 0 aliphatic heterocycles. The Balaban J connectivity index is 1.55. The number of carbonyl (C=O) groups is 1. The predicted molar refractivity (Wildman–Crippen MR) is 124 cm³/mol. The predicted octanol–water partition coefficient (Wildman–Crippen LogP) is 4.12. The number of fused-ring (bicyclic) bond motifs is 1. The molecule has 4 aromatic rings. The maximum absolute atomic E-state index is 13.0. The highest BCUT2D eigenvalue weighted by Crippen LogP contribution is 2.27. The van der Waals surface area contributed by atoms with Gasteiger partial charge in [-0.3, -0.25) is 4.72 Å². The van der Waals surface area contributed by atoms with E-state index in [9.17, 15) is 13.2 Å². The number of hydrogen-bond acceptors (Lipinski definition) is 6. The summed E-state index contributed by atoms with van der Waals surface area (Å²) >= 11 is 0. The number of nitrogens with zero attached hydrogens (tertiary/aromatic N) is 2. The van der Waals surface area contributed by atoms with Crippen LogP contribution in [0.5, 0.6) is 5.75 Å². The molecule has 0 spiro atoms. The minimum atomic E-state index is -4.01. The first-order valence-corrected chi connectivity index (χ1v) is 11.6. The summed E-state index contributed by atoms with van der Waals surface area (Å²) in [6.45, 7) is 3.81. The minimum absolute atomic E-state index is 0.0460. The van der Waals surface area contributed by atoms with Gasteiger partial charge in [0, 0.05) is 18.1 Å². The van der Waals surface area contributed by atoms with E-state index in [4.69, 9.17) is 9.47 Å². The van der Waals surface area contributed by atoms with Crippen molar-refractivity contribution in [3.8, 4) is 5.75 Å². The number of sulfonamides is 1. The number of pyridine rings is 1. The maximum Gasteiger partial charge on any atom is 0.338 e. The fourth-order valence-corrected chi connectivity index (χ4v) is 4.60. The smallest absolute Gasteiger partial charge is 0.338 e. The molecule has 0 unspecified atom stereocenters. The third kappa shape index (κ3) is 4.83. The van der Waals surface area contributed by atoms with Crippen molar-refractivity contribution in [3.05, 3.63) is 89.4 Å². The van der Waals surface area contributed by atoms with Gasteiger partial charge in [-0.25, -0.2) is 18.2 Å². The second-order valence-electron chi connectivity index (χ2n) is 7.57. The Hall–Kier alpha value is -3.85. The van der Waals surface area contributed by atoms with Crippen LogP contribution >= 0.6 is 0 Å². The molecular formula is C24H23N3O5S. The first-order valence-electron chi connectivity index (χ1n) is 10.1. The van der Waals surface area contributed by atoms with Gasteiger partial charge in [0.1, 0.15) is 22.9 Å². The third-order valence-electron chi connectivity index (χ3n) is 5.07. The number of imidazole rings is 1. The lowest BCUT2D eigenvalue weighted by Gasteiger charge is -2.13. The molecule has 0 aliphatic carbocycles. The number of esters is 1. The van der Waals surface area contributed by atoms with Gasteiger partial charge in [0.25, 0.3) is 10.0 Å². The number of nitrogens with one attached hydrogen (secondary N) is 1. The van der Waals surface area contributed by atoms with Crippen molar-refractivity contribution in [2.45, 2.75) is 25.3 Å². The minimum Gasteiger partial charge on any atom is -0.495 e. The molecule has 0 fully saturated rings. The highest BCUT2D eigenvalue weighted by molar-refractivity contribution is 7.92. The average molecular weight is 466 g/mol. The van der Waals surface area contributed by atoms with Crippen LogP contribution in [0.1, 0.15) is 27.2 Å². The molecule has 4 rings (SSSR count). The van der Waals surface area contributed by atoms with Crippen LogP contribution in [-0.4, -0.2) is 30.9 Å². The van der Waals surface area contributed by atoms with Gasteiger partial charge in [0.05, 0.1) is 18.4 Å². The molecule has 9 heteroatoms. The number of rotatable bonds is 7. The maximum atomic E-state index is 13.0. The lowest BCUT2D eigenvalue weighted by Crippen LogP contribution is -2.15. The number of benzene rings is 2. The van der Waals surface area contributed by atoms with Gasteiger partial charge < -0.3 is 13.9 Å². The number of aryl methyl sites for hydroxylation is 2. The summed E-state index contributed by atoms with van der Waals surface area (Å²) in [5, 5.41) is 0. The summed E-state index contributed by atoms with van der Waals surface area (Å²) in [4.78, 5) is 17.0. The lowest BCUT2D eigenvalue weighted by atomic mass is 10.2. The fraction of sp³-hybridized carbons (Fsp3) is 0.167. The SMILES string of the molecule is COc1ccc(C(=O)OCc2cn3cccc(C)c3n2)cc1S(=O)(=O)Nc1ccc(C)cc1. The molecule has 0 saturated heterocycles. The molecule has 0 amide bonds. The molecule has 2 aromatic carbocycles. The molecule has 8 nitrogen and oxygen atoms in total. The van der Waals surface area contributed by atoms with Crippen LogP contribution in [0.25, 0.3) is 5.65 Å². The largest absolute Gasteiger partial charge is 0.495 e. The van der Waals surface area contributed by atoms with Crippen LogP contribution < -0.4 is 9.46 Å². The monoisotopic (exact) mass is 465 g/mol. The Kier molecular flexibility index (Phi) is 6.06.